The molecular weight excluding hydrogens is 624 g/mol. The standard InChI is InChI=1S/C32H25F6NO7/c1-43-23-15-22(31(33,34)35)20(13-24(23)45-16-18-9-5-3-6-10-18)29(40)39-27-26(32(36,37)38)21(30(41)42)14-25(28(27)44-2)46-17-19-11-7-4-8-12-19/h3-15H,16-17H2,1-2H3,(H,39,40)(H,41,42). The summed E-state index contributed by atoms with van der Waals surface area (Å²) in [7, 11) is 1.99. The van der Waals surface area contributed by atoms with E-state index in [0.29, 0.717) is 29.3 Å². The van der Waals surface area contributed by atoms with Crippen LogP contribution in [0.1, 0.15) is 43.0 Å². The number of hydrogen-bond donors (Lipinski definition) is 2. The molecule has 4 rings (SSSR count). The molecule has 8 nitrogen and oxygen atoms in total. The first-order valence-corrected chi connectivity index (χ1v) is 13.2. The van der Waals surface area contributed by atoms with Crippen molar-refractivity contribution in [3.05, 3.63) is 112 Å². The van der Waals surface area contributed by atoms with Crippen LogP contribution >= 0.6 is 0 Å². The van der Waals surface area contributed by atoms with E-state index in [1.54, 1.807) is 60.7 Å². The van der Waals surface area contributed by atoms with Gasteiger partial charge in [0.2, 0.25) is 0 Å². The molecule has 0 saturated heterocycles. The summed E-state index contributed by atoms with van der Waals surface area (Å²) in [5, 5.41) is 11.5. The van der Waals surface area contributed by atoms with Crippen LogP contribution < -0.4 is 24.3 Å². The zero-order valence-corrected chi connectivity index (χ0v) is 24.1. The smallest absolute Gasteiger partial charge is 0.419 e. The van der Waals surface area contributed by atoms with Gasteiger partial charge in [-0.05, 0) is 29.3 Å². The second-order valence-electron chi connectivity index (χ2n) is 9.56. The van der Waals surface area contributed by atoms with Crippen molar-refractivity contribution < 1.29 is 60.0 Å². The average Bonchev–Trinajstić information content (AvgIpc) is 3.01. The van der Waals surface area contributed by atoms with E-state index < -0.39 is 69.4 Å². The van der Waals surface area contributed by atoms with Crippen LogP contribution in [0.3, 0.4) is 0 Å². The summed E-state index contributed by atoms with van der Waals surface area (Å²) in [5.41, 5.74) is -6.02. The number of amides is 1. The van der Waals surface area contributed by atoms with E-state index in [0.717, 1.165) is 14.2 Å². The number of ether oxygens (including phenoxy) is 4. The molecule has 0 radical (unpaired) electrons. The Bertz CT molecular complexity index is 1710. The van der Waals surface area contributed by atoms with Crippen LogP contribution in [0.5, 0.6) is 23.0 Å². The van der Waals surface area contributed by atoms with Crippen LogP contribution in [-0.4, -0.2) is 31.2 Å². The Morgan fingerprint density at radius 2 is 1.22 bits per heavy atom. The summed E-state index contributed by atoms with van der Waals surface area (Å²) < 4.78 is 107. The summed E-state index contributed by atoms with van der Waals surface area (Å²) >= 11 is 0. The molecule has 0 atom stereocenters. The fourth-order valence-corrected chi connectivity index (χ4v) is 4.44. The summed E-state index contributed by atoms with van der Waals surface area (Å²) in [6, 6.07) is 18.4. The van der Waals surface area contributed by atoms with Crippen molar-refractivity contribution in [3.8, 4) is 23.0 Å². The Labute approximate surface area is 258 Å². The van der Waals surface area contributed by atoms with E-state index in [-0.39, 0.29) is 19.0 Å². The predicted octanol–water partition coefficient (Wildman–Crippen LogP) is 7.85. The number of carboxylic acid groups (broad SMARTS) is 1. The molecule has 2 N–H and O–H groups in total. The van der Waals surface area contributed by atoms with Crippen molar-refractivity contribution in [1.29, 1.82) is 0 Å². The van der Waals surface area contributed by atoms with Crippen molar-refractivity contribution in [1.82, 2.24) is 0 Å². The van der Waals surface area contributed by atoms with E-state index in [9.17, 15) is 41.0 Å². The number of rotatable bonds is 11. The van der Waals surface area contributed by atoms with Crippen LogP contribution in [0.25, 0.3) is 0 Å². The third-order valence-corrected chi connectivity index (χ3v) is 6.53. The average molecular weight is 650 g/mol. The molecule has 0 aliphatic heterocycles. The predicted molar refractivity (Wildman–Crippen MR) is 152 cm³/mol. The first kappa shape index (κ1) is 33.5. The number of methoxy groups -OCH3 is 2. The van der Waals surface area contributed by atoms with Crippen molar-refractivity contribution >= 4 is 17.6 Å². The Morgan fingerprint density at radius 3 is 1.67 bits per heavy atom. The van der Waals surface area contributed by atoms with Gasteiger partial charge in [-0.2, -0.15) is 26.3 Å². The summed E-state index contributed by atoms with van der Waals surface area (Å²) in [4.78, 5) is 25.5. The largest absolute Gasteiger partial charge is 0.493 e. The second-order valence-corrected chi connectivity index (χ2v) is 9.56. The van der Waals surface area contributed by atoms with Gasteiger partial charge in [0.25, 0.3) is 5.91 Å². The summed E-state index contributed by atoms with van der Waals surface area (Å²) in [6.07, 6.45) is -10.6. The molecule has 4 aromatic carbocycles. The maximum atomic E-state index is 14.4. The van der Waals surface area contributed by atoms with E-state index in [2.05, 4.69) is 0 Å². The highest BCUT2D eigenvalue weighted by Crippen LogP contribution is 2.48. The maximum absolute atomic E-state index is 14.4. The highest BCUT2D eigenvalue weighted by atomic mass is 19.4. The van der Waals surface area contributed by atoms with E-state index in [1.165, 1.54) is 0 Å². The number of benzene rings is 4. The van der Waals surface area contributed by atoms with Gasteiger partial charge < -0.3 is 29.4 Å². The monoisotopic (exact) mass is 649 g/mol. The lowest BCUT2D eigenvalue weighted by Crippen LogP contribution is -2.23. The fraction of sp³-hybridized carbons (Fsp3) is 0.188. The van der Waals surface area contributed by atoms with Crippen LogP contribution in [0.4, 0.5) is 32.0 Å². The molecule has 0 unspecified atom stereocenters. The molecule has 4 aromatic rings. The Morgan fingerprint density at radius 1 is 0.696 bits per heavy atom. The van der Waals surface area contributed by atoms with Gasteiger partial charge in [0, 0.05) is 0 Å². The zero-order valence-electron chi connectivity index (χ0n) is 24.1. The molecule has 0 fully saturated rings. The van der Waals surface area contributed by atoms with E-state index in [4.69, 9.17) is 18.9 Å². The van der Waals surface area contributed by atoms with Gasteiger partial charge in [0.05, 0.1) is 36.5 Å². The van der Waals surface area contributed by atoms with Gasteiger partial charge in [-0.3, -0.25) is 4.79 Å². The summed E-state index contributed by atoms with van der Waals surface area (Å²) in [5.74, 6) is -5.75. The molecule has 0 aliphatic carbocycles. The van der Waals surface area contributed by atoms with Crippen LogP contribution in [0, 0.1) is 0 Å². The number of hydrogen-bond acceptors (Lipinski definition) is 6. The number of halogens is 6. The molecule has 0 spiro atoms. The van der Waals surface area contributed by atoms with Crippen LogP contribution in [-0.2, 0) is 25.6 Å². The lowest BCUT2D eigenvalue weighted by molar-refractivity contribution is -0.138. The SMILES string of the molecule is COc1cc(C(F)(F)F)c(C(=O)Nc2c(OC)c(OCc3ccccc3)cc(C(=O)O)c2C(F)(F)F)cc1OCc1ccccc1. The number of carbonyl (C=O) groups excluding carboxylic acids is 1. The van der Waals surface area contributed by atoms with Crippen molar-refractivity contribution in [2.45, 2.75) is 25.6 Å². The van der Waals surface area contributed by atoms with E-state index >= 15 is 0 Å². The van der Waals surface area contributed by atoms with Crippen LogP contribution in [0.2, 0.25) is 0 Å². The zero-order chi connectivity index (χ0) is 33.6. The molecule has 242 valence electrons. The van der Waals surface area contributed by atoms with Gasteiger partial charge >= 0.3 is 18.3 Å². The van der Waals surface area contributed by atoms with Crippen molar-refractivity contribution in [3.63, 3.8) is 0 Å². The Balaban J connectivity index is 1.85. The summed E-state index contributed by atoms with van der Waals surface area (Å²) in [6.45, 7) is -0.410. The second kappa shape index (κ2) is 13.7. The van der Waals surface area contributed by atoms with Gasteiger partial charge in [-0.15, -0.1) is 0 Å². The number of anilines is 1. The van der Waals surface area contributed by atoms with Gasteiger partial charge in [0.1, 0.15) is 18.9 Å². The number of aromatic carboxylic acids is 1. The Kier molecular flexibility index (Phi) is 9.98. The minimum atomic E-state index is -5.42. The molecule has 0 bridgehead atoms. The number of alkyl halides is 6. The van der Waals surface area contributed by atoms with Crippen molar-refractivity contribution in [2.24, 2.45) is 0 Å². The van der Waals surface area contributed by atoms with E-state index in [1.807, 2.05) is 5.32 Å². The molecule has 0 aromatic heterocycles. The molecule has 0 aliphatic rings. The topological polar surface area (TPSA) is 103 Å². The minimum Gasteiger partial charge on any atom is -0.493 e. The molecule has 0 saturated carbocycles. The molecule has 46 heavy (non-hydrogen) atoms. The quantitative estimate of drug-likeness (QED) is 0.160. The molecule has 0 heterocycles. The Hall–Kier alpha value is -5.40. The van der Waals surface area contributed by atoms with Crippen molar-refractivity contribution in [2.75, 3.05) is 19.5 Å². The maximum Gasteiger partial charge on any atom is 0.419 e. The normalized spacial score (nSPS) is 11.5. The molecular formula is C32H25F6NO7. The van der Waals surface area contributed by atoms with Crippen LogP contribution in [0.15, 0.2) is 78.9 Å². The number of carbonyl (C=O) groups is 2. The molecule has 14 heteroatoms. The third-order valence-electron chi connectivity index (χ3n) is 6.53. The first-order chi connectivity index (χ1) is 21.7. The fourth-order valence-electron chi connectivity index (χ4n) is 4.44. The van der Waals surface area contributed by atoms with Gasteiger partial charge in [-0.25, -0.2) is 4.79 Å². The van der Waals surface area contributed by atoms with Gasteiger partial charge in [0.15, 0.2) is 23.0 Å². The third kappa shape index (κ3) is 7.62. The lowest BCUT2D eigenvalue weighted by Gasteiger charge is -2.23. The number of carboxylic acids is 1. The number of nitrogens with one attached hydrogen (secondary N) is 1. The van der Waals surface area contributed by atoms with Gasteiger partial charge in [-0.1, -0.05) is 60.7 Å². The molecule has 1 amide bonds. The lowest BCUT2D eigenvalue weighted by atomic mass is 10.0. The highest BCUT2D eigenvalue weighted by Gasteiger charge is 2.43. The first-order valence-electron chi connectivity index (χ1n) is 13.2. The minimum absolute atomic E-state index is 0.154. The highest BCUT2D eigenvalue weighted by molar-refractivity contribution is 6.08.